The zero-order chi connectivity index (χ0) is 20.9. The van der Waals surface area contributed by atoms with E-state index in [1.807, 2.05) is 32.2 Å². The van der Waals surface area contributed by atoms with Crippen LogP contribution in [0.4, 0.5) is 0 Å². The van der Waals surface area contributed by atoms with Gasteiger partial charge in [-0.1, -0.05) is 12.1 Å². The van der Waals surface area contributed by atoms with E-state index in [0.717, 1.165) is 22.4 Å². The summed E-state index contributed by atoms with van der Waals surface area (Å²) in [5, 5.41) is 6.93. The summed E-state index contributed by atoms with van der Waals surface area (Å²) in [5.74, 6) is -0.247. The summed E-state index contributed by atoms with van der Waals surface area (Å²) in [6.45, 7) is 2.15. The second-order valence-electron chi connectivity index (χ2n) is 6.66. The van der Waals surface area contributed by atoms with Gasteiger partial charge in [-0.3, -0.25) is 14.5 Å². The Morgan fingerprint density at radius 2 is 2.00 bits per heavy atom. The molecule has 0 aliphatic heterocycles. The first kappa shape index (κ1) is 20.7. The molecule has 0 aliphatic carbocycles. The molecule has 0 aliphatic rings. The minimum Gasteiger partial charge on any atom is -0.352 e. The minimum absolute atomic E-state index is 0.0232. The summed E-state index contributed by atoms with van der Waals surface area (Å²) in [6, 6.07) is 10.4. The summed E-state index contributed by atoms with van der Waals surface area (Å²) in [7, 11) is -1.78. The molecule has 9 heteroatoms. The van der Waals surface area contributed by atoms with E-state index in [0.29, 0.717) is 6.54 Å². The fraction of sp³-hybridized carbons (Fsp3) is 0.250. The highest BCUT2D eigenvalue weighted by Crippen LogP contribution is 2.18. The maximum atomic E-state index is 12.3. The number of nitrogens with one attached hydrogen (secondary N) is 2. The van der Waals surface area contributed by atoms with Crippen molar-refractivity contribution in [3.05, 3.63) is 66.1 Å². The van der Waals surface area contributed by atoms with Gasteiger partial charge in [-0.15, -0.1) is 0 Å². The molecule has 0 bridgehead atoms. The van der Waals surface area contributed by atoms with Crippen molar-refractivity contribution in [2.24, 2.45) is 7.05 Å². The summed E-state index contributed by atoms with van der Waals surface area (Å²) in [4.78, 5) is 16.5. The van der Waals surface area contributed by atoms with Crippen molar-refractivity contribution in [2.75, 3.05) is 6.54 Å². The van der Waals surface area contributed by atoms with Crippen LogP contribution in [0.5, 0.6) is 0 Å². The number of pyridine rings is 1. The van der Waals surface area contributed by atoms with Gasteiger partial charge in [0.2, 0.25) is 15.9 Å². The zero-order valence-corrected chi connectivity index (χ0v) is 17.1. The van der Waals surface area contributed by atoms with E-state index in [1.54, 1.807) is 35.4 Å². The molecule has 0 spiro atoms. The van der Waals surface area contributed by atoms with E-state index in [4.69, 9.17) is 0 Å². The van der Waals surface area contributed by atoms with Crippen LogP contribution in [0.25, 0.3) is 11.3 Å². The third-order valence-corrected chi connectivity index (χ3v) is 5.80. The van der Waals surface area contributed by atoms with Crippen LogP contribution >= 0.6 is 0 Å². The first-order chi connectivity index (χ1) is 13.8. The molecule has 0 radical (unpaired) electrons. The largest absolute Gasteiger partial charge is 0.352 e. The monoisotopic (exact) mass is 413 g/mol. The summed E-state index contributed by atoms with van der Waals surface area (Å²) >= 11 is 0. The van der Waals surface area contributed by atoms with Gasteiger partial charge < -0.3 is 5.32 Å². The average molecular weight is 414 g/mol. The van der Waals surface area contributed by atoms with Gasteiger partial charge in [0, 0.05) is 50.7 Å². The Morgan fingerprint density at radius 1 is 1.17 bits per heavy atom. The molecule has 0 unspecified atom stereocenters. The average Bonchev–Trinajstić information content (AvgIpc) is 3.12. The van der Waals surface area contributed by atoms with Crippen LogP contribution in [0.3, 0.4) is 0 Å². The van der Waals surface area contributed by atoms with E-state index in [2.05, 4.69) is 20.1 Å². The molecule has 8 nitrogen and oxygen atoms in total. The third-order valence-electron chi connectivity index (χ3n) is 4.35. The number of benzene rings is 1. The van der Waals surface area contributed by atoms with E-state index >= 15 is 0 Å². The van der Waals surface area contributed by atoms with Crippen molar-refractivity contribution in [3.8, 4) is 11.3 Å². The lowest BCUT2D eigenvalue weighted by molar-refractivity contribution is -0.121. The minimum atomic E-state index is -3.63. The topological polar surface area (TPSA) is 106 Å². The molecule has 1 amide bonds. The van der Waals surface area contributed by atoms with Crippen LogP contribution in [0.1, 0.15) is 17.5 Å². The number of hydrogen-bond donors (Lipinski definition) is 2. The Labute approximate surface area is 170 Å². The van der Waals surface area contributed by atoms with Crippen LogP contribution in [-0.4, -0.2) is 35.6 Å². The first-order valence-corrected chi connectivity index (χ1v) is 10.6. The van der Waals surface area contributed by atoms with Gasteiger partial charge in [-0.05, 0) is 42.3 Å². The van der Waals surface area contributed by atoms with Gasteiger partial charge in [-0.2, -0.15) is 5.10 Å². The molecule has 1 aromatic carbocycles. The number of aromatic nitrogens is 3. The number of carbonyl (C=O) groups is 1. The maximum Gasteiger partial charge on any atom is 0.240 e. The van der Waals surface area contributed by atoms with Crippen LogP contribution < -0.4 is 10.0 Å². The van der Waals surface area contributed by atoms with Gasteiger partial charge in [0.1, 0.15) is 0 Å². The van der Waals surface area contributed by atoms with Gasteiger partial charge >= 0.3 is 0 Å². The zero-order valence-electron chi connectivity index (χ0n) is 16.3. The molecule has 0 saturated heterocycles. The molecule has 0 atom stereocenters. The van der Waals surface area contributed by atoms with Crippen LogP contribution in [0.15, 0.2) is 59.9 Å². The molecule has 0 saturated carbocycles. The summed E-state index contributed by atoms with van der Waals surface area (Å²) < 4.78 is 28.7. The number of rotatable bonds is 8. The Kier molecular flexibility index (Phi) is 6.40. The van der Waals surface area contributed by atoms with Gasteiger partial charge in [0.25, 0.3) is 0 Å². The molecule has 3 rings (SSSR count). The second-order valence-corrected chi connectivity index (χ2v) is 8.43. The molecule has 2 N–H and O–H groups in total. The molecule has 2 aromatic heterocycles. The van der Waals surface area contributed by atoms with E-state index in [-0.39, 0.29) is 23.8 Å². The third kappa shape index (κ3) is 5.49. The molecule has 3 aromatic rings. The Hall–Kier alpha value is -3.04. The Morgan fingerprint density at radius 3 is 2.72 bits per heavy atom. The number of nitrogens with zero attached hydrogens (tertiary/aromatic N) is 3. The lowest BCUT2D eigenvalue weighted by atomic mass is 10.1. The lowest BCUT2D eigenvalue weighted by Gasteiger charge is -2.09. The molecule has 152 valence electrons. The Bertz CT molecular complexity index is 1110. The normalized spacial score (nSPS) is 11.4. The highest BCUT2D eigenvalue weighted by Gasteiger charge is 2.14. The van der Waals surface area contributed by atoms with Crippen molar-refractivity contribution < 1.29 is 13.2 Å². The summed E-state index contributed by atoms with van der Waals surface area (Å²) in [5.41, 5.74) is 3.53. The molecule has 0 fully saturated rings. The highest BCUT2D eigenvalue weighted by molar-refractivity contribution is 7.89. The molecular formula is C20H23N5O3S. The molecule has 29 heavy (non-hydrogen) atoms. The lowest BCUT2D eigenvalue weighted by Crippen LogP contribution is -2.30. The standard InChI is InChI=1S/C20H23N5O3S/c1-15-4-3-5-18(10-15)29(27,28)24-9-7-20(26)22-13-16-11-17(14-21-12-16)19-6-8-23-25(19)2/h3-6,8,10-12,14,24H,7,9,13H2,1-2H3,(H,22,26). The van der Waals surface area contributed by atoms with Crippen molar-refractivity contribution in [1.29, 1.82) is 0 Å². The van der Waals surface area contributed by atoms with Crippen molar-refractivity contribution >= 4 is 15.9 Å². The molecular weight excluding hydrogens is 390 g/mol. The van der Waals surface area contributed by atoms with Crippen LogP contribution in [-0.2, 0) is 28.4 Å². The smallest absolute Gasteiger partial charge is 0.240 e. The summed E-state index contributed by atoms with van der Waals surface area (Å²) in [6.07, 6.45) is 5.17. The van der Waals surface area contributed by atoms with E-state index in [9.17, 15) is 13.2 Å². The number of amides is 1. The van der Waals surface area contributed by atoms with Crippen molar-refractivity contribution in [2.45, 2.75) is 24.8 Å². The van der Waals surface area contributed by atoms with Gasteiger partial charge in [0.15, 0.2) is 0 Å². The first-order valence-electron chi connectivity index (χ1n) is 9.10. The maximum absolute atomic E-state index is 12.3. The quantitative estimate of drug-likeness (QED) is 0.585. The predicted octanol–water partition coefficient (Wildman–Crippen LogP) is 1.78. The van der Waals surface area contributed by atoms with Crippen molar-refractivity contribution in [1.82, 2.24) is 24.8 Å². The van der Waals surface area contributed by atoms with E-state index in [1.165, 1.54) is 6.07 Å². The number of sulfonamides is 1. The number of hydrogen-bond acceptors (Lipinski definition) is 5. The van der Waals surface area contributed by atoms with Gasteiger partial charge in [0.05, 0.1) is 10.6 Å². The van der Waals surface area contributed by atoms with Crippen LogP contribution in [0.2, 0.25) is 0 Å². The second kappa shape index (κ2) is 8.97. The number of aryl methyl sites for hydroxylation is 2. The fourth-order valence-electron chi connectivity index (χ4n) is 2.84. The fourth-order valence-corrected chi connectivity index (χ4v) is 3.97. The SMILES string of the molecule is Cc1cccc(S(=O)(=O)NCCC(=O)NCc2cncc(-c3ccnn3C)c2)c1. The van der Waals surface area contributed by atoms with Crippen LogP contribution in [0, 0.1) is 6.92 Å². The van der Waals surface area contributed by atoms with Crippen molar-refractivity contribution in [3.63, 3.8) is 0 Å². The Balaban J connectivity index is 1.50. The molecule has 2 heterocycles. The highest BCUT2D eigenvalue weighted by atomic mass is 32.2. The van der Waals surface area contributed by atoms with Gasteiger partial charge in [-0.25, -0.2) is 13.1 Å². The number of carbonyl (C=O) groups excluding carboxylic acids is 1. The van der Waals surface area contributed by atoms with E-state index < -0.39 is 10.0 Å². The predicted molar refractivity (Wildman–Crippen MR) is 109 cm³/mol.